The van der Waals surface area contributed by atoms with E-state index in [0.717, 1.165) is 0 Å². The van der Waals surface area contributed by atoms with Crippen LogP contribution >= 0.6 is 0 Å². The molecule has 0 radical (unpaired) electrons. The molecule has 1 amide bonds. The third-order valence-electron chi connectivity index (χ3n) is 2.72. The summed E-state index contributed by atoms with van der Waals surface area (Å²) in [7, 11) is 0. The van der Waals surface area contributed by atoms with E-state index in [2.05, 4.69) is 17.1 Å². The molecule has 0 saturated heterocycles. The van der Waals surface area contributed by atoms with Crippen LogP contribution in [0.3, 0.4) is 0 Å². The first-order valence-electron chi connectivity index (χ1n) is 5.93. The molecule has 1 atom stereocenters. The average molecular weight is 276 g/mol. The smallest absolute Gasteiger partial charge is 0.405 e. The number of carbonyl (C=O) groups is 1. The minimum Gasteiger partial charge on any atom is -0.465 e. The Morgan fingerprint density at radius 1 is 1.55 bits per heavy atom. The summed E-state index contributed by atoms with van der Waals surface area (Å²) in [6.07, 6.45) is 0.750. The SMILES string of the molecule is C=CC[C@H](NC(=O)O)c1cc(-c2ccccc2F)on1. The fourth-order valence-corrected chi connectivity index (χ4v) is 1.81. The molecule has 104 valence electrons. The number of benzene rings is 1. The van der Waals surface area contributed by atoms with Crippen molar-refractivity contribution in [3.63, 3.8) is 0 Å². The van der Waals surface area contributed by atoms with E-state index in [1.165, 1.54) is 12.1 Å². The third kappa shape index (κ3) is 3.03. The van der Waals surface area contributed by atoms with E-state index in [-0.39, 0.29) is 11.3 Å². The maximum absolute atomic E-state index is 13.6. The zero-order valence-corrected chi connectivity index (χ0v) is 10.5. The van der Waals surface area contributed by atoms with Gasteiger partial charge in [0, 0.05) is 6.07 Å². The van der Waals surface area contributed by atoms with E-state index < -0.39 is 18.0 Å². The van der Waals surface area contributed by atoms with Gasteiger partial charge in [-0.05, 0) is 18.6 Å². The first-order valence-corrected chi connectivity index (χ1v) is 5.93. The topological polar surface area (TPSA) is 75.4 Å². The van der Waals surface area contributed by atoms with Gasteiger partial charge in [-0.15, -0.1) is 6.58 Å². The zero-order chi connectivity index (χ0) is 14.5. The molecule has 2 rings (SSSR count). The van der Waals surface area contributed by atoms with Gasteiger partial charge in [-0.2, -0.15) is 0 Å². The molecule has 0 aliphatic carbocycles. The van der Waals surface area contributed by atoms with Gasteiger partial charge in [-0.1, -0.05) is 23.4 Å². The summed E-state index contributed by atoms with van der Waals surface area (Å²) in [5, 5.41) is 14.9. The number of hydrogen-bond donors (Lipinski definition) is 2. The fourth-order valence-electron chi connectivity index (χ4n) is 1.81. The van der Waals surface area contributed by atoms with Crippen molar-refractivity contribution in [2.75, 3.05) is 0 Å². The Hall–Kier alpha value is -2.63. The van der Waals surface area contributed by atoms with Crippen molar-refractivity contribution in [1.29, 1.82) is 0 Å². The predicted molar refractivity (Wildman–Crippen MR) is 70.6 cm³/mol. The maximum Gasteiger partial charge on any atom is 0.405 e. The normalized spacial score (nSPS) is 11.8. The van der Waals surface area contributed by atoms with Crippen LogP contribution in [-0.4, -0.2) is 16.4 Å². The van der Waals surface area contributed by atoms with E-state index in [9.17, 15) is 9.18 Å². The second kappa shape index (κ2) is 6.01. The van der Waals surface area contributed by atoms with Crippen LogP contribution in [0.2, 0.25) is 0 Å². The van der Waals surface area contributed by atoms with Gasteiger partial charge in [0.15, 0.2) is 5.76 Å². The van der Waals surface area contributed by atoms with Crippen molar-refractivity contribution in [1.82, 2.24) is 10.5 Å². The summed E-state index contributed by atoms with van der Waals surface area (Å²) >= 11 is 0. The molecular weight excluding hydrogens is 263 g/mol. The Kier molecular flexibility index (Phi) is 4.14. The van der Waals surface area contributed by atoms with Crippen molar-refractivity contribution < 1.29 is 18.8 Å². The summed E-state index contributed by atoms with van der Waals surface area (Å²) in [5.74, 6) is -0.180. The van der Waals surface area contributed by atoms with Crippen LogP contribution in [-0.2, 0) is 0 Å². The lowest BCUT2D eigenvalue weighted by Gasteiger charge is -2.10. The molecule has 0 unspecified atom stereocenters. The van der Waals surface area contributed by atoms with Crippen molar-refractivity contribution >= 4 is 6.09 Å². The molecular formula is C14H13FN2O3. The Morgan fingerprint density at radius 2 is 2.30 bits per heavy atom. The first-order chi connectivity index (χ1) is 9.61. The standard InChI is InChI=1S/C14H13FN2O3/c1-2-5-11(16-14(18)19)12-8-13(20-17-12)9-6-3-4-7-10(9)15/h2-4,6-8,11,16H,1,5H2,(H,18,19)/t11-/m0/s1. The Balaban J connectivity index is 2.29. The predicted octanol–water partition coefficient (Wildman–Crippen LogP) is 3.37. The van der Waals surface area contributed by atoms with E-state index in [1.54, 1.807) is 24.3 Å². The van der Waals surface area contributed by atoms with Crippen LogP contribution in [0.5, 0.6) is 0 Å². The molecule has 0 saturated carbocycles. The number of amides is 1. The fraction of sp³-hybridized carbons (Fsp3) is 0.143. The van der Waals surface area contributed by atoms with E-state index in [0.29, 0.717) is 12.1 Å². The monoisotopic (exact) mass is 276 g/mol. The summed E-state index contributed by atoms with van der Waals surface area (Å²) in [5.41, 5.74) is 0.657. The Morgan fingerprint density at radius 3 is 2.95 bits per heavy atom. The summed E-state index contributed by atoms with van der Waals surface area (Å²) in [6.45, 7) is 3.56. The van der Waals surface area contributed by atoms with Crippen LogP contribution in [0.1, 0.15) is 18.2 Å². The second-order valence-electron chi connectivity index (χ2n) is 4.12. The molecule has 0 fully saturated rings. The molecule has 1 aromatic heterocycles. The molecule has 0 aliphatic rings. The van der Waals surface area contributed by atoms with Gasteiger partial charge in [-0.25, -0.2) is 9.18 Å². The molecule has 6 heteroatoms. The van der Waals surface area contributed by atoms with E-state index in [1.807, 2.05) is 0 Å². The number of halogens is 1. The summed E-state index contributed by atoms with van der Waals surface area (Å²) in [4.78, 5) is 10.7. The summed E-state index contributed by atoms with van der Waals surface area (Å²) < 4.78 is 18.7. The van der Waals surface area contributed by atoms with Crippen LogP contribution in [0.25, 0.3) is 11.3 Å². The highest BCUT2D eigenvalue weighted by molar-refractivity contribution is 5.65. The minimum atomic E-state index is -1.17. The minimum absolute atomic E-state index is 0.249. The highest BCUT2D eigenvalue weighted by atomic mass is 19.1. The highest BCUT2D eigenvalue weighted by Crippen LogP contribution is 2.26. The third-order valence-corrected chi connectivity index (χ3v) is 2.72. The van der Waals surface area contributed by atoms with E-state index in [4.69, 9.17) is 9.63 Å². The van der Waals surface area contributed by atoms with Crippen LogP contribution < -0.4 is 5.32 Å². The zero-order valence-electron chi connectivity index (χ0n) is 10.5. The molecule has 0 aliphatic heterocycles. The molecule has 2 aromatic rings. The lowest BCUT2D eigenvalue weighted by atomic mass is 10.1. The molecule has 0 bridgehead atoms. The van der Waals surface area contributed by atoms with Crippen LogP contribution in [0, 0.1) is 5.82 Å². The van der Waals surface area contributed by atoms with Crippen molar-refractivity contribution in [3.05, 3.63) is 54.5 Å². The Labute approximate surface area is 114 Å². The van der Waals surface area contributed by atoms with Gasteiger partial charge in [-0.3, -0.25) is 0 Å². The molecule has 5 nitrogen and oxygen atoms in total. The quantitative estimate of drug-likeness (QED) is 0.821. The van der Waals surface area contributed by atoms with Crippen LogP contribution in [0.15, 0.2) is 47.5 Å². The Bertz CT molecular complexity index is 624. The number of carboxylic acid groups (broad SMARTS) is 1. The van der Waals surface area contributed by atoms with Gasteiger partial charge in [0.25, 0.3) is 0 Å². The second-order valence-corrected chi connectivity index (χ2v) is 4.12. The molecule has 1 aromatic carbocycles. The van der Waals surface area contributed by atoms with Crippen LogP contribution in [0.4, 0.5) is 9.18 Å². The highest BCUT2D eigenvalue weighted by Gasteiger charge is 2.19. The molecule has 2 N–H and O–H groups in total. The number of hydrogen-bond acceptors (Lipinski definition) is 3. The van der Waals surface area contributed by atoms with Gasteiger partial charge in [0.05, 0.1) is 11.6 Å². The maximum atomic E-state index is 13.6. The lowest BCUT2D eigenvalue weighted by Crippen LogP contribution is -2.26. The van der Waals surface area contributed by atoms with Gasteiger partial charge in [0.1, 0.15) is 11.5 Å². The van der Waals surface area contributed by atoms with Gasteiger partial charge >= 0.3 is 6.09 Å². The van der Waals surface area contributed by atoms with Gasteiger partial charge in [0.2, 0.25) is 0 Å². The van der Waals surface area contributed by atoms with Crippen molar-refractivity contribution in [2.24, 2.45) is 0 Å². The molecule has 20 heavy (non-hydrogen) atoms. The van der Waals surface area contributed by atoms with Crippen molar-refractivity contribution in [2.45, 2.75) is 12.5 Å². The van der Waals surface area contributed by atoms with Gasteiger partial charge < -0.3 is 14.9 Å². The lowest BCUT2D eigenvalue weighted by molar-refractivity contribution is 0.189. The number of nitrogens with zero attached hydrogens (tertiary/aromatic N) is 1. The molecule has 0 spiro atoms. The van der Waals surface area contributed by atoms with E-state index >= 15 is 0 Å². The number of rotatable bonds is 5. The molecule has 1 heterocycles. The first kappa shape index (κ1) is 13.8. The number of aromatic nitrogens is 1. The van der Waals surface area contributed by atoms with Crippen molar-refractivity contribution in [3.8, 4) is 11.3 Å². The average Bonchev–Trinajstić information content (AvgIpc) is 2.87. The largest absolute Gasteiger partial charge is 0.465 e. The summed E-state index contributed by atoms with van der Waals surface area (Å²) in [6, 6.07) is 7.07. The number of nitrogens with one attached hydrogen (secondary N) is 1.